The molecule has 0 bridgehead atoms. The molecule has 3 aromatic rings. The first-order valence-corrected chi connectivity index (χ1v) is 10.8. The summed E-state index contributed by atoms with van der Waals surface area (Å²) in [5, 5.41) is 6.49. The van der Waals surface area contributed by atoms with Crippen LogP contribution in [0.3, 0.4) is 0 Å². The second-order valence-corrected chi connectivity index (χ2v) is 8.00. The minimum absolute atomic E-state index is 0.195. The summed E-state index contributed by atoms with van der Waals surface area (Å²) in [6, 6.07) is 11.4. The molecule has 9 heteroatoms. The largest absolute Gasteiger partial charge is 0.378 e. The quantitative estimate of drug-likeness (QED) is 0.512. The van der Waals surface area contributed by atoms with Gasteiger partial charge >= 0.3 is 0 Å². The number of pyridine rings is 1. The molecule has 1 saturated heterocycles. The van der Waals surface area contributed by atoms with E-state index in [1.165, 1.54) is 0 Å². The summed E-state index contributed by atoms with van der Waals surface area (Å²) in [4.78, 5) is 27.4. The van der Waals surface area contributed by atoms with Gasteiger partial charge < -0.3 is 30.8 Å². The Balaban J connectivity index is 1.52. The minimum atomic E-state index is -0.501. The molecular weight excluding hydrogens is 418 g/mol. The van der Waals surface area contributed by atoms with Crippen molar-refractivity contribution in [3.05, 3.63) is 59.4 Å². The molecule has 4 heterocycles. The molecule has 0 spiro atoms. The van der Waals surface area contributed by atoms with E-state index in [9.17, 15) is 4.79 Å². The SMILES string of the molecule is Cc1cc(-c2cc3c(c(Nc4ccc(N5CCOCC5)cc4)n2)C(C=O)NC=C3)nc(N)n1. The topological polar surface area (TPSA) is 118 Å². The summed E-state index contributed by atoms with van der Waals surface area (Å²) in [5.74, 6) is 0.783. The fraction of sp³-hybridized carbons (Fsp3) is 0.250. The van der Waals surface area contributed by atoms with Crippen molar-refractivity contribution in [2.24, 2.45) is 0 Å². The fourth-order valence-corrected chi connectivity index (χ4v) is 4.13. The molecule has 2 aromatic heterocycles. The molecule has 1 atom stereocenters. The van der Waals surface area contributed by atoms with Crippen LogP contribution in [0.5, 0.6) is 0 Å². The third-order valence-corrected chi connectivity index (χ3v) is 5.72. The van der Waals surface area contributed by atoms with Gasteiger partial charge in [0, 0.05) is 35.7 Å². The lowest BCUT2D eigenvalue weighted by Gasteiger charge is -2.29. The summed E-state index contributed by atoms with van der Waals surface area (Å²) in [6.45, 7) is 5.10. The van der Waals surface area contributed by atoms with Gasteiger partial charge in [-0.15, -0.1) is 0 Å². The van der Waals surface area contributed by atoms with Crippen molar-refractivity contribution in [3.8, 4) is 11.4 Å². The lowest BCUT2D eigenvalue weighted by Crippen LogP contribution is -2.36. The second kappa shape index (κ2) is 8.87. The highest BCUT2D eigenvalue weighted by atomic mass is 16.5. The Kier molecular flexibility index (Phi) is 5.62. The van der Waals surface area contributed by atoms with E-state index in [4.69, 9.17) is 15.5 Å². The number of nitrogens with zero attached hydrogens (tertiary/aromatic N) is 4. The molecular formula is C24H25N7O2. The zero-order valence-corrected chi connectivity index (χ0v) is 18.3. The van der Waals surface area contributed by atoms with Crippen LogP contribution in [0.2, 0.25) is 0 Å². The van der Waals surface area contributed by atoms with Crippen molar-refractivity contribution in [2.75, 3.05) is 42.3 Å². The number of ether oxygens (including phenoxy) is 1. The Morgan fingerprint density at radius 3 is 2.61 bits per heavy atom. The number of nitrogen functional groups attached to an aromatic ring is 1. The van der Waals surface area contributed by atoms with E-state index in [2.05, 4.69) is 37.6 Å². The number of nitrogens with two attached hydrogens (primary N) is 1. The minimum Gasteiger partial charge on any atom is -0.378 e. The van der Waals surface area contributed by atoms with Gasteiger partial charge in [0.05, 0.1) is 24.6 Å². The Morgan fingerprint density at radius 1 is 1.12 bits per heavy atom. The van der Waals surface area contributed by atoms with Gasteiger partial charge in [0.15, 0.2) is 0 Å². The molecule has 4 N–H and O–H groups in total. The number of morpholine rings is 1. The van der Waals surface area contributed by atoms with E-state index in [0.29, 0.717) is 17.2 Å². The van der Waals surface area contributed by atoms with Gasteiger partial charge in [-0.3, -0.25) is 0 Å². The maximum atomic E-state index is 11.8. The van der Waals surface area contributed by atoms with E-state index >= 15 is 0 Å². The number of nitrogens with one attached hydrogen (secondary N) is 2. The smallest absolute Gasteiger partial charge is 0.220 e. The van der Waals surface area contributed by atoms with Crippen LogP contribution in [0.25, 0.3) is 17.5 Å². The zero-order valence-electron chi connectivity index (χ0n) is 18.3. The predicted molar refractivity (Wildman–Crippen MR) is 128 cm³/mol. The van der Waals surface area contributed by atoms with E-state index in [0.717, 1.165) is 60.8 Å². The van der Waals surface area contributed by atoms with E-state index in [-0.39, 0.29) is 5.95 Å². The average Bonchev–Trinajstić information content (AvgIpc) is 2.84. The summed E-state index contributed by atoms with van der Waals surface area (Å²) < 4.78 is 5.44. The third-order valence-electron chi connectivity index (χ3n) is 5.72. The monoisotopic (exact) mass is 443 g/mol. The number of fused-ring (bicyclic) bond motifs is 1. The molecule has 0 amide bonds. The molecule has 0 saturated carbocycles. The number of benzene rings is 1. The Hall–Kier alpha value is -3.98. The fourth-order valence-electron chi connectivity index (χ4n) is 4.13. The lowest BCUT2D eigenvalue weighted by molar-refractivity contribution is -0.109. The number of aryl methyl sites for hydroxylation is 1. The molecule has 1 unspecified atom stereocenters. The van der Waals surface area contributed by atoms with Crippen molar-refractivity contribution in [2.45, 2.75) is 13.0 Å². The Morgan fingerprint density at radius 2 is 1.88 bits per heavy atom. The molecule has 0 aliphatic carbocycles. The van der Waals surface area contributed by atoms with Crippen LogP contribution in [0.1, 0.15) is 22.9 Å². The van der Waals surface area contributed by atoms with Crippen LogP contribution in [-0.4, -0.2) is 47.5 Å². The molecule has 9 nitrogen and oxygen atoms in total. The van der Waals surface area contributed by atoms with Crippen molar-refractivity contribution >= 4 is 35.5 Å². The number of carbonyl (C=O) groups excluding carboxylic acids is 1. The highest BCUT2D eigenvalue weighted by Gasteiger charge is 2.23. The zero-order chi connectivity index (χ0) is 22.8. The highest BCUT2D eigenvalue weighted by Crippen LogP contribution is 2.34. The number of aromatic nitrogens is 3. The lowest BCUT2D eigenvalue weighted by atomic mass is 9.97. The van der Waals surface area contributed by atoms with E-state index < -0.39 is 6.04 Å². The molecule has 0 radical (unpaired) electrons. The number of hydrogen-bond acceptors (Lipinski definition) is 9. The average molecular weight is 444 g/mol. The Labute approximate surface area is 191 Å². The third kappa shape index (κ3) is 4.35. The first-order valence-electron chi connectivity index (χ1n) is 10.8. The van der Waals surface area contributed by atoms with Crippen LogP contribution in [0, 0.1) is 6.92 Å². The normalized spacial score (nSPS) is 17.2. The van der Waals surface area contributed by atoms with Crippen molar-refractivity contribution in [3.63, 3.8) is 0 Å². The second-order valence-electron chi connectivity index (χ2n) is 8.00. The first kappa shape index (κ1) is 20.9. The van der Waals surface area contributed by atoms with Crippen LogP contribution in [0.15, 0.2) is 42.6 Å². The molecule has 168 valence electrons. The standard InChI is InChI=1S/C24H25N7O2/c1-15-12-19(30-24(25)27-15)20-13-16-6-7-26-21(14-32)22(16)23(29-20)28-17-2-4-18(5-3-17)31-8-10-33-11-9-31/h2-7,12-14,21,26H,8-11H2,1H3,(H,28,29)(H2,25,27,30). The molecule has 33 heavy (non-hydrogen) atoms. The Bertz CT molecular complexity index is 1180. The van der Waals surface area contributed by atoms with Crippen LogP contribution in [-0.2, 0) is 9.53 Å². The predicted octanol–water partition coefficient (Wildman–Crippen LogP) is 2.82. The summed E-state index contributed by atoms with van der Waals surface area (Å²) in [5.41, 5.74) is 11.6. The first-order chi connectivity index (χ1) is 16.1. The molecule has 1 fully saturated rings. The number of carbonyl (C=O) groups is 1. The number of hydrogen-bond donors (Lipinski definition) is 3. The maximum absolute atomic E-state index is 11.8. The number of aldehydes is 1. The van der Waals surface area contributed by atoms with Gasteiger partial charge in [0.25, 0.3) is 0 Å². The van der Waals surface area contributed by atoms with Gasteiger partial charge in [0.2, 0.25) is 5.95 Å². The van der Waals surface area contributed by atoms with Gasteiger partial charge in [0.1, 0.15) is 18.1 Å². The van der Waals surface area contributed by atoms with Crippen molar-refractivity contribution < 1.29 is 9.53 Å². The van der Waals surface area contributed by atoms with Crippen LogP contribution in [0.4, 0.5) is 23.1 Å². The molecule has 5 rings (SSSR count). The number of rotatable bonds is 5. The van der Waals surface area contributed by atoms with E-state index in [1.807, 2.05) is 37.3 Å². The van der Waals surface area contributed by atoms with Crippen molar-refractivity contribution in [1.29, 1.82) is 0 Å². The molecule has 1 aromatic carbocycles. The number of anilines is 4. The molecule has 2 aliphatic heterocycles. The maximum Gasteiger partial charge on any atom is 0.220 e. The van der Waals surface area contributed by atoms with E-state index in [1.54, 1.807) is 6.20 Å². The van der Waals surface area contributed by atoms with Crippen molar-refractivity contribution in [1.82, 2.24) is 20.3 Å². The van der Waals surface area contributed by atoms with Gasteiger partial charge in [-0.05, 0) is 61.2 Å². The molecule has 2 aliphatic rings. The summed E-state index contributed by atoms with van der Waals surface area (Å²) >= 11 is 0. The van der Waals surface area contributed by atoms with Crippen LogP contribution >= 0.6 is 0 Å². The summed E-state index contributed by atoms with van der Waals surface area (Å²) in [7, 11) is 0. The summed E-state index contributed by atoms with van der Waals surface area (Å²) in [6.07, 6.45) is 4.57. The highest BCUT2D eigenvalue weighted by molar-refractivity contribution is 5.79. The van der Waals surface area contributed by atoms with Crippen LogP contribution < -0.4 is 21.3 Å². The van der Waals surface area contributed by atoms with Gasteiger partial charge in [-0.1, -0.05) is 0 Å². The van der Waals surface area contributed by atoms with Gasteiger partial charge in [-0.2, -0.15) is 0 Å². The van der Waals surface area contributed by atoms with Gasteiger partial charge in [-0.25, -0.2) is 15.0 Å².